The summed E-state index contributed by atoms with van der Waals surface area (Å²) in [7, 11) is 0. The van der Waals surface area contributed by atoms with Gasteiger partial charge in [0.1, 0.15) is 0 Å². The summed E-state index contributed by atoms with van der Waals surface area (Å²) in [6.07, 6.45) is 11.9. The molecule has 1 aromatic rings. The van der Waals surface area contributed by atoms with Crippen molar-refractivity contribution in [3.63, 3.8) is 0 Å². The highest BCUT2D eigenvalue weighted by Gasteiger charge is 2.22. The van der Waals surface area contributed by atoms with Gasteiger partial charge < -0.3 is 9.47 Å². The van der Waals surface area contributed by atoms with E-state index in [4.69, 9.17) is 9.47 Å². The van der Waals surface area contributed by atoms with Crippen molar-refractivity contribution in [3.8, 4) is 0 Å². The molecule has 2 aliphatic carbocycles. The predicted octanol–water partition coefficient (Wildman–Crippen LogP) is 5.16. The van der Waals surface area contributed by atoms with Crippen molar-refractivity contribution in [2.45, 2.75) is 64.2 Å². The molecule has 4 heteroatoms. The van der Waals surface area contributed by atoms with Crippen molar-refractivity contribution in [3.05, 3.63) is 35.4 Å². The largest absolute Gasteiger partial charge is 0.462 e. The molecule has 3 rings (SSSR count). The van der Waals surface area contributed by atoms with Crippen molar-refractivity contribution in [2.24, 2.45) is 11.8 Å². The summed E-state index contributed by atoms with van der Waals surface area (Å²) in [5.74, 6) is 0.0813. The molecule has 2 saturated carbocycles. The lowest BCUT2D eigenvalue weighted by atomic mass is 9.90. The Kier molecular flexibility index (Phi) is 7.10. The van der Waals surface area contributed by atoms with Gasteiger partial charge in [0.25, 0.3) is 0 Å². The van der Waals surface area contributed by atoms with Crippen LogP contribution in [0.5, 0.6) is 0 Å². The van der Waals surface area contributed by atoms with E-state index in [1.165, 1.54) is 38.5 Å². The molecule has 0 atom stereocenters. The molecule has 4 nitrogen and oxygen atoms in total. The zero-order valence-electron chi connectivity index (χ0n) is 15.6. The molecule has 26 heavy (non-hydrogen) atoms. The van der Waals surface area contributed by atoms with Crippen molar-refractivity contribution in [2.75, 3.05) is 13.2 Å². The van der Waals surface area contributed by atoms with E-state index in [1.54, 1.807) is 24.3 Å². The summed E-state index contributed by atoms with van der Waals surface area (Å²) in [5.41, 5.74) is 0.633. The minimum absolute atomic E-state index is 0.317. The van der Waals surface area contributed by atoms with Crippen LogP contribution in [0.15, 0.2) is 24.3 Å². The average Bonchev–Trinajstić information content (AvgIpc) is 2.72. The second-order valence-corrected chi connectivity index (χ2v) is 7.75. The number of ether oxygens (including phenoxy) is 2. The number of rotatable bonds is 6. The van der Waals surface area contributed by atoms with Crippen LogP contribution in [-0.4, -0.2) is 25.2 Å². The average molecular weight is 358 g/mol. The molecule has 0 amide bonds. The van der Waals surface area contributed by atoms with E-state index in [9.17, 15) is 9.59 Å². The Bertz CT molecular complexity index is 545. The quantitative estimate of drug-likeness (QED) is 0.659. The number of hydrogen-bond acceptors (Lipinski definition) is 4. The minimum atomic E-state index is -0.416. The molecule has 0 heterocycles. The molecule has 0 spiro atoms. The Morgan fingerprint density at radius 1 is 0.692 bits per heavy atom. The van der Waals surface area contributed by atoms with Gasteiger partial charge in [0.2, 0.25) is 0 Å². The topological polar surface area (TPSA) is 52.6 Å². The highest BCUT2D eigenvalue weighted by molar-refractivity contribution is 6.03. The number of hydrogen-bond donors (Lipinski definition) is 0. The molecule has 2 fully saturated rings. The molecule has 0 saturated heterocycles. The van der Waals surface area contributed by atoms with Gasteiger partial charge >= 0.3 is 11.9 Å². The third-order valence-electron chi connectivity index (χ3n) is 5.72. The first-order valence-electron chi connectivity index (χ1n) is 10.2. The van der Waals surface area contributed by atoms with E-state index in [1.807, 2.05) is 0 Å². The van der Waals surface area contributed by atoms with Crippen LogP contribution in [0.2, 0.25) is 0 Å². The predicted molar refractivity (Wildman–Crippen MR) is 100 cm³/mol. The maximum atomic E-state index is 12.5. The molecule has 0 N–H and O–H groups in total. The zero-order chi connectivity index (χ0) is 18.2. The fourth-order valence-electron chi connectivity index (χ4n) is 4.09. The Labute approximate surface area is 156 Å². The molecule has 0 aliphatic heterocycles. The van der Waals surface area contributed by atoms with Crippen LogP contribution < -0.4 is 0 Å². The third-order valence-corrected chi connectivity index (χ3v) is 5.72. The Morgan fingerprint density at radius 2 is 1.08 bits per heavy atom. The maximum Gasteiger partial charge on any atom is 0.339 e. The van der Waals surface area contributed by atoms with E-state index in [2.05, 4.69) is 0 Å². The first kappa shape index (κ1) is 18.9. The van der Waals surface area contributed by atoms with Gasteiger partial charge in [-0.1, -0.05) is 50.7 Å². The van der Waals surface area contributed by atoms with Gasteiger partial charge in [0.15, 0.2) is 0 Å². The van der Waals surface area contributed by atoms with Crippen LogP contribution in [0.25, 0.3) is 0 Å². The standard InChI is InChI=1S/C22H30O4/c23-21(25-15-17-9-3-1-4-10-17)19-13-7-8-14-20(19)22(24)26-16-18-11-5-2-6-12-18/h7-8,13-14,17-18H,1-6,9-12,15-16H2. The summed E-state index contributed by atoms with van der Waals surface area (Å²) in [4.78, 5) is 25.0. The first-order chi connectivity index (χ1) is 12.7. The normalized spacial score (nSPS) is 19.1. The van der Waals surface area contributed by atoms with Crippen molar-refractivity contribution in [1.29, 1.82) is 0 Å². The SMILES string of the molecule is O=C(OCC1CCCCC1)c1ccccc1C(=O)OCC1CCCCC1. The van der Waals surface area contributed by atoms with Gasteiger partial charge in [-0.3, -0.25) is 0 Å². The second kappa shape index (κ2) is 9.75. The fourth-order valence-corrected chi connectivity index (χ4v) is 4.09. The third kappa shape index (κ3) is 5.33. The molecule has 0 aromatic heterocycles. The molecule has 1 aromatic carbocycles. The van der Waals surface area contributed by atoms with Crippen molar-refractivity contribution in [1.82, 2.24) is 0 Å². The van der Waals surface area contributed by atoms with Gasteiger partial charge in [0.05, 0.1) is 24.3 Å². The monoisotopic (exact) mass is 358 g/mol. The van der Waals surface area contributed by atoms with Crippen LogP contribution in [-0.2, 0) is 9.47 Å². The van der Waals surface area contributed by atoms with Gasteiger partial charge in [-0.2, -0.15) is 0 Å². The van der Waals surface area contributed by atoms with Gasteiger partial charge in [0, 0.05) is 0 Å². The van der Waals surface area contributed by atoms with Crippen LogP contribution in [0.3, 0.4) is 0 Å². The number of carbonyl (C=O) groups is 2. The second-order valence-electron chi connectivity index (χ2n) is 7.75. The molecule has 142 valence electrons. The van der Waals surface area contributed by atoms with Crippen LogP contribution >= 0.6 is 0 Å². The molecule has 0 radical (unpaired) electrons. The van der Waals surface area contributed by atoms with Crippen LogP contribution in [0, 0.1) is 11.8 Å². The smallest absolute Gasteiger partial charge is 0.339 e. The Hall–Kier alpha value is -1.84. The van der Waals surface area contributed by atoms with Gasteiger partial charge in [-0.15, -0.1) is 0 Å². The summed E-state index contributed by atoms with van der Waals surface area (Å²) in [6.45, 7) is 0.897. The van der Waals surface area contributed by atoms with Crippen LogP contribution in [0.4, 0.5) is 0 Å². The Morgan fingerprint density at radius 3 is 1.46 bits per heavy atom. The summed E-state index contributed by atoms with van der Waals surface area (Å²) < 4.78 is 11.0. The number of esters is 2. The maximum absolute atomic E-state index is 12.5. The van der Waals surface area contributed by atoms with Crippen LogP contribution in [0.1, 0.15) is 84.9 Å². The lowest BCUT2D eigenvalue weighted by Gasteiger charge is -2.22. The van der Waals surface area contributed by atoms with Crippen molar-refractivity contribution >= 4 is 11.9 Å². The minimum Gasteiger partial charge on any atom is -0.462 e. The highest BCUT2D eigenvalue weighted by atomic mass is 16.5. The van der Waals surface area contributed by atoms with Gasteiger partial charge in [-0.05, 0) is 49.7 Å². The lowest BCUT2D eigenvalue weighted by Crippen LogP contribution is -2.20. The van der Waals surface area contributed by atoms with E-state index in [-0.39, 0.29) is 0 Å². The molecule has 2 aliphatic rings. The zero-order valence-corrected chi connectivity index (χ0v) is 15.6. The number of carbonyl (C=O) groups excluding carboxylic acids is 2. The van der Waals surface area contributed by atoms with E-state index in [0.717, 1.165) is 25.7 Å². The molecule has 0 bridgehead atoms. The molecular weight excluding hydrogens is 328 g/mol. The summed E-state index contributed by atoms with van der Waals surface area (Å²) >= 11 is 0. The fraction of sp³-hybridized carbons (Fsp3) is 0.636. The first-order valence-corrected chi connectivity index (χ1v) is 10.2. The lowest BCUT2D eigenvalue weighted by molar-refractivity contribution is 0.0364. The van der Waals surface area contributed by atoms with E-state index in [0.29, 0.717) is 36.2 Å². The summed E-state index contributed by atoms with van der Waals surface area (Å²) in [6, 6.07) is 6.82. The van der Waals surface area contributed by atoms with E-state index >= 15 is 0 Å². The van der Waals surface area contributed by atoms with E-state index < -0.39 is 11.9 Å². The number of benzene rings is 1. The molecular formula is C22H30O4. The summed E-state index contributed by atoms with van der Waals surface area (Å²) in [5, 5.41) is 0. The Balaban J connectivity index is 1.55. The molecule has 0 unspecified atom stereocenters. The highest BCUT2D eigenvalue weighted by Crippen LogP contribution is 2.25. The van der Waals surface area contributed by atoms with Gasteiger partial charge in [-0.25, -0.2) is 9.59 Å². The van der Waals surface area contributed by atoms with Crippen molar-refractivity contribution < 1.29 is 19.1 Å².